The van der Waals surface area contributed by atoms with E-state index >= 15 is 0 Å². The monoisotopic (exact) mass is 279 g/mol. The normalized spacial score (nSPS) is 22.6. The van der Waals surface area contributed by atoms with E-state index in [-0.39, 0.29) is 11.3 Å². The fourth-order valence-corrected chi connectivity index (χ4v) is 3.19. The second kappa shape index (κ2) is 8.26. The molecule has 1 aliphatic heterocycles. The molecule has 1 saturated heterocycles. The lowest BCUT2D eigenvalue weighted by molar-refractivity contribution is -0.144. The highest BCUT2D eigenvalue weighted by molar-refractivity contribution is 5.83. The number of hydrogen-bond donors (Lipinski definition) is 1. The molecule has 1 atom stereocenters. The molecule has 1 rings (SSSR count). The first kappa shape index (κ1) is 17.0. The molecule has 0 aromatic rings. The number of rotatable bonds is 7. The molecule has 1 fully saturated rings. The Balaban J connectivity index is 2.84. The highest BCUT2D eigenvalue weighted by Crippen LogP contribution is 2.34. The van der Waals surface area contributed by atoms with Crippen LogP contribution in [0, 0.1) is 22.7 Å². The Labute approximate surface area is 123 Å². The number of carbonyl (C=O) groups excluding carboxylic acids is 1. The van der Waals surface area contributed by atoms with Crippen LogP contribution >= 0.6 is 0 Å². The fraction of sp³-hybridized carbons (Fsp3) is 0.875. The maximum Gasteiger partial charge on any atom is 0.230 e. The van der Waals surface area contributed by atoms with Crippen LogP contribution in [0.1, 0.15) is 52.9 Å². The zero-order chi connectivity index (χ0) is 15.0. The first-order chi connectivity index (χ1) is 9.55. The molecule has 1 unspecified atom stereocenters. The van der Waals surface area contributed by atoms with Gasteiger partial charge in [-0.3, -0.25) is 4.79 Å². The van der Waals surface area contributed by atoms with Crippen LogP contribution < -0.4 is 5.32 Å². The molecule has 0 saturated carbocycles. The molecule has 1 aliphatic rings. The lowest BCUT2D eigenvalue weighted by Crippen LogP contribution is -2.52. The van der Waals surface area contributed by atoms with E-state index in [4.69, 9.17) is 5.26 Å². The smallest absolute Gasteiger partial charge is 0.230 e. The van der Waals surface area contributed by atoms with Gasteiger partial charge in [0.1, 0.15) is 0 Å². The second-order valence-corrected chi connectivity index (χ2v) is 6.36. The second-order valence-electron chi connectivity index (χ2n) is 6.36. The Bertz CT molecular complexity index is 335. The molecular formula is C16H29N3O. The average Bonchev–Trinajstić information content (AvgIpc) is 2.43. The SMILES string of the molecule is CCCC1(C(=O)N(CCC#N)CC(C)C)CCCNC1. The molecule has 114 valence electrons. The summed E-state index contributed by atoms with van der Waals surface area (Å²) >= 11 is 0. The van der Waals surface area contributed by atoms with Gasteiger partial charge in [0, 0.05) is 19.6 Å². The van der Waals surface area contributed by atoms with Crippen LogP contribution in [0.3, 0.4) is 0 Å². The van der Waals surface area contributed by atoms with Crippen molar-refractivity contribution in [2.75, 3.05) is 26.2 Å². The minimum atomic E-state index is -0.239. The zero-order valence-corrected chi connectivity index (χ0v) is 13.2. The van der Waals surface area contributed by atoms with Gasteiger partial charge >= 0.3 is 0 Å². The van der Waals surface area contributed by atoms with E-state index in [0.29, 0.717) is 18.9 Å². The molecular weight excluding hydrogens is 250 g/mol. The third kappa shape index (κ3) is 4.49. The Morgan fingerprint density at radius 2 is 2.25 bits per heavy atom. The topological polar surface area (TPSA) is 56.1 Å². The summed E-state index contributed by atoms with van der Waals surface area (Å²) in [5.41, 5.74) is -0.239. The Hall–Kier alpha value is -1.08. The van der Waals surface area contributed by atoms with Crippen molar-refractivity contribution in [2.24, 2.45) is 11.3 Å². The van der Waals surface area contributed by atoms with Gasteiger partial charge in [-0.2, -0.15) is 5.26 Å². The van der Waals surface area contributed by atoms with Gasteiger partial charge in [0.2, 0.25) is 5.91 Å². The van der Waals surface area contributed by atoms with Gasteiger partial charge < -0.3 is 10.2 Å². The molecule has 0 aromatic carbocycles. The standard InChI is InChI=1S/C16H29N3O/c1-4-7-16(8-5-10-18-13-16)15(20)19(11-6-9-17)12-14(2)3/h14,18H,4-8,10-13H2,1-3H3. The zero-order valence-electron chi connectivity index (χ0n) is 13.2. The van der Waals surface area contributed by atoms with Crippen molar-refractivity contribution >= 4 is 5.91 Å². The highest BCUT2D eigenvalue weighted by atomic mass is 16.2. The van der Waals surface area contributed by atoms with Gasteiger partial charge in [0.05, 0.1) is 17.9 Å². The summed E-state index contributed by atoms with van der Waals surface area (Å²) in [6, 6.07) is 2.16. The number of amides is 1. The number of carbonyl (C=O) groups is 1. The average molecular weight is 279 g/mol. The molecule has 1 heterocycles. The third-order valence-corrected chi connectivity index (χ3v) is 4.02. The maximum absolute atomic E-state index is 13.0. The predicted octanol–water partition coefficient (Wildman–Crippen LogP) is 2.55. The molecule has 4 nitrogen and oxygen atoms in total. The van der Waals surface area contributed by atoms with E-state index in [2.05, 4.69) is 32.2 Å². The quantitative estimate of drug-likeness (QED) is 0.779. The number of nitriles is 1. The fourth-order valence-electron chi connectivity index (χ4n) is 3.19. The molecule has 0 aromatic heterocycles. The van der Waals surface area contributed by atoms with Gasteiger partial charge in [-0.05, 0) is 31.7 Å². The first-order valence-corrected chi connectivity index (χ1v) is 7.93. The minimum Gasteiger partial charge on any atom is -0.341 e. The van der Waals surface area contributed by atoms with E-state index < -0.39 is 0 Å². The number of piperidine rings is 1. The van der Waals surface area contributed by atoms with Crippen LogP contribution in [0.2, 0.25) is 0 Å². The summed E-state index contributed by atoms with van der Waals surface area (Å²) in [6.07, 6.45) is 4.45. The van der Waals surface area contributed by atoms with Crippen LogP contribution in [-0.2, 0) is 4.79 Å². The van der Waals surface area contributed by atoms with Gasteiger partial charge in [0.15, 0.2) is 0 Å². The number of nitrogens with zero attached hydrogens (tertiary/aromatic N) is 2. The van der Waals surface area contributed by atoms with E-state index in [9.17, 15) is 4.79 Å². The van der Waals surface area contributed by atoms with Crippen LogP contribution in [0.15, 0.2) is 0 Å². The Morgan fingerprint density at radius 1 is 1.50 bits per heavy atom. The summed E-state index contributed by atoms with van der Waals surface area (Å²) in [5.74, 6) is 0.698. The molecule has 0 bridgehead atoms. The number of hydrogen-bond acceptors (Lipinski definition) is 3. The number of nitrogens with one attached hydrogen (secondary N) is 1. The van der Waals surface area contributed by atoms with Gasteiger partial charge in [-0.1, -0.05) is 27.2 Å². The van der Waals surface area contributed by atoms with Crippen molar-refractivity contribution in [3.8, 4) is 6.07 Å². The summed E-state index contributed by atoms with van der Waals surface area (Å²) < 4.78 is 0. The summed E-state index contributed by atoms with van der Waals surface area (Å²) in [4.78, 5) is 15.0. The van der Waals surface area contributed by atoms with Crippen molar-refractivity contribution in [1.29, 1.82) is 5.26 Å². The van der Waals surface area contributed by atoms with E-state index in [1.807, 2.05) is 4.90 Å². The molecule has 1 N–H and O–H groups in total. The molecule has 0 spiro atoms. The molecule has 0 radical (unpaired) electrons. The van der Waals surface area contributed by atoms with Crippen molar-refractivity contribution < 1.29 is 4.79 Å². The first-order valence-electron chi connectivity index (χ1n) is 7.93. The molecule has 0 aliphatic carbocycles. The third-order valence-electron chi connectivity index (χ3n) is 4.02. The van der Waals surface area contributed by atoms with Crippen molar-refractivity contribution in [2.45, 2.75) is 52.9 Å². The van der Waals surface area contributed by atoms with Crippen LogP contribution in [0.4, 0.5) is 0 Å². The lowest BCUT2D eigenvalue weighted by atomic mass is 9.75. The highest BCUT2D eigenvalue weighted by Gasteiger charge is 2.41. The predicted molar refractivity (Wildman–Crippen MR) is 81.1 cm³/mol. The van der Waals surface area contributed by atoms with E-state index in [1.54, 1.807) is 0 Å². The van der Waals surface area contributed by atoms with Crippen LogP contribution in [0.25, 0.3) is 0 Å². The summed E-state index contributed by atoms with van der Waals surface area (Å²) in [7, 11) is 0. The summed E-state index contributed by atoms with van der Waals surface area (Å²) in [6.45, 7) is 9.52. The van der Waals surface area contributed by atoms with Gasteiger partial charge in [-0.25, -0.2) is 0 Å². The van der Waals surface area contributed by atoms with Gasteiger partial charge in [-0.15, -0.1) is 0 Å². The van der Waals surface area contributed by atoms with Gasteiger partial charge in [0.25, 0.3) is 0 Å². The summed E-state index contributed by atoms with van der Waals surface area (Å²) in [5, 5.41) is 12.2. The molecule has 20 heavy (non-hydrogen) atoms. The van der Waals surface area contributed by atoms with Crippen LogP contribution in [-0.4, -0.2) is 37.0 Å². The molecule has 1 amide bonds. The Kier molecular flexibility index (Phi) is 7.01. The van der Waals surface area contributed by atoms with Crippen molar-refractivity contribution in [3.05, 3.63) is 0 Å². The van der Waals surface area contributed by atoms with E-state index in [1.165, 1.54) is 0 Å². The lowest BCUT2D eigenvalue weighted by Gasteiger charge is -2.40. The van der Waals surface area contributed by atoms with E-state index in [0.717, 1.165) is 45.3 Å². The van der Waals surface area contributed by atoms with Crippen molar-refractivity contribution in [3.63, 3.8) is 0 Å². The molecule has 4 heteroatoms. The largest absolute Gasteiger partial charge is 0.341 e. The van der Waals surface area contributed by atoms with Crippen molar-refractivity contribution in [1.82, 2.24) is 10.2 Å². The Morgan fingerprint density at radius 3 is 2.75 bits per heavy atom. The maximum atomic E-state index is 13.0. The minimum absolute atomic E-state index is 0.239. The van der Waals surface area contributed by atoms with Crippen LogP contribution in [0.5, 0.6) is 0 Å².